The normalized spacial score (nSPS) is 15.4. The predicted octanol–water partition coefficient (Wildman–Crippen LogP) is 3.51. The van der Waals surface area contributed by atoms with Crippen LogP contribution in [0.1, 0.15) is 28.3 Å². The fourth-order valence-corrected chi connectivity index (χ4v) is 3.94. The number of rotatable bonds is 4. The minimum Gasteiger partial charge on any atom is -0.362 e. The van der Waals surface area contributed by atoms with Gasteiger partial charge in [0.15, 0.2) is 0 Å². The number of hydrogen-bond acceptors (Lipinski definition) is 3. The standard InChI is InChI=1S/C16H19FN2S/c1-2-13-5-6-16(20-13)15(10-18)19-8-7-11-3-4-12(17)9-14(11)19/h3-6,9,15H,2,7-8,10,18H2,1H3. The summed E-state index contributed by atoms with van der Waals surface area (Å²) in [5.74, 6) is -0.174. The number of halogens is 1. The molecule has 0 saturated carbocycles. The van der Waals surface area contributed by atoms with Crippen LogP contribution in [0.4, 0.5) is 10.1 Å². The Labute approximate surface area is 123 Å². The summed E-state index contributed by atoms with van der Waals surface area (Å²) in [6, 6.07) is 9.57. The summed E-state index contributed by atoms with van der Waals surface area (Å²) < 4.78 is 13.5. The van der Waals surface area contributed by atoms with Crippen molar-refractivity contribution in [2.24, 2.45) is 5.73 Å². The van der Waals surface area contributed by atoms with Crippen molar-refractivity contribution >= 4 is 17.0 Å². The van der Waals surface area contributed by atoms with Crippen LogP contribution in [0.25, 0.3) is 0 Å². The first kappa shape index (κ1) is 13.6. The van der Waals surface area contributed by atoms with E-state index in [2.05, 4.69) is 24.0 Å². The molecule has 0 bridgehead atoms. The van der Waals surface area contributed by atoms with E-state index in [4.69, 9.17) is 5.73 Å². The molecule has 2 nitrogen and oxygen atoms in total. The van der Waals surface area contributed by atoms with Gasteiger partial charge < -0.3 is 10.6 Å². The van der Waals surface area contributed by atoms with Crippen molar-refractivity contribution in [1.82, 2.24) is 0 Å². The number of nitrogens with zero attached hydrogens (tertiary/aromatic N) is 1. The molecule has 0 fully saturated rings. The molecule has 1 aliphatic rings. The molecule has 1 aliphatic heterocycles. The first-order valence-electron chi connectivity index (χ1n) is 7.06. The largest absolute Gasteiger partial charge is 0.362 e. The lowest BCUT2D eigenvalue weighted by atomic mass is 10.1. The second-order valence-corrected chi connectivity index (χ2v) is 6.33. The lowest BCUT2D eigenvalue weighted by Gasteiger charge is -2.28. The van der Waals surface area contributed by atoms with E-state index < -0.39 is 0 Å². The number of nitrogens with two attached hydrogens (primary N) is 1. The lowest BCUT2D eigenvalue weighted by Crippen LogP contribution is -2.31. The molecule has 106 valence electrons. The Balaban J connectivity index is 1.94. The summed E-state index contributed by atoms with van der Waals surface area (Å²) in [6.07, 6.45) is 2.02. The molecule has 1 aromatic carbocycles. The molecule has 0 aliphatic carbocycles. The second kappa shape index (κ2) is 5.54. The van der Waals surface area contributed by atoms with Crippen LogP contribution in [-0.4, -0.2) is 13.1 Å². The molecule has 3 rings (SSSR count). The SMILES string of the molecule is CCc1ccc(C(CN)N2CCc3ccc(F)cc32)s1. The molecular weight excluding hydrogens is 271 g/mol. The highest BCUT2D eigenvalue weighted by molar-refractivity contribution is 7.12. The highest BCUT2D eigenvalue weighted by Crippen LogP contribution is 2.37. The number of anilines is 1. The number of benzene rings is 1. The molecule has 2 N–H and O–H groups in total. The zero-order valence-corrected chi connectivity index (χ0v) is 12.4. The van der Waals surface area contributed by atoms with Crippen LogP contribution in [0.3, 0.4) is 0 Å². The number of thiophene rings is 1. The van der Waals surface area contributed by atoms with Crippen LogP contribution in [0.2, 0.25) is 0 Å². The van der Waals surface area contributed by atoms with Gasteiger partial charge in [-0.2, -0.15) is 0 Å². The maximum absolute atomic E-state index is 13.5. The monoisotopic (exact) mass is 290 g/mol. The molecule has 1 aromatic heterocycles. The van der Waals surface area contributed by atoms with E-state index in [1.807, 2.05) is 17.4 Å². The third-order valence-electron chi connectivity index (χ3n) is 3.94. The highest BCUT2D eigenvalue weighted by Gasteiger charge is 2.27. The van der Waals surface area contributed by atoms with Gasteiger partial charge in [0.1, 0.15) is 5.82 Å². The topological polar surface area (TPSA) is 29.3 Å². The van der Waals surface area contributed by atoms with E-state index in [9.17, 15) is 4.39 Å². The fourth-order valence-electron chi connectivity index (χ4n) is 2.86. The van der Waals surface area contributed by atoms with Gasteiger partial charge in [0.05, 0.1) is 6.04 Å². The molecule has 1 atom stereocenters. The van der Waals surface area contributed by atoms with Crippen LogP contribution in [0.5, 0.6) is 0 Å². The van der Waals surface area contributed by atoms with Crippen molar-refractivity contribution in [1.29, 1.82) is 0 Å². The van der Waals surface area contributed by atoms with Crippen molar-refractivity contribution in [2.75, 3.05) is 18.0 Å². The Morgan fingerprint density at radius 1 is 1.35 bits per heavy atom. The summed E-state index contributed by atoms with van der Waals surface area (Å²) in [4.78, 5) is 4.91. The lowest BCUT2D eigenvalue weighted by molar-refractivity contribution is 0.623. The van der Waals surface area contributed by atoms with Gasteiger partial charge in [-0.05, 0) is 42.7 Å². The average molecular weight is 290 g/mol. The maximum atomic E-state index is 13.5. The van der Waals surface area contributed by atoms with Crippen molar-refractivity contribution in [2.45, 2.75) is 25.8 Å². The minimum absolute atomic E-state index is 0.156. The molecule has 0 saturated heterocycles. The Morgan fingerprint density at radius 2 is 2.20 bits per heavy atom. The van der Waals surface area contributed by atoms with Gasteiger partial charge in [-0.1, -0.05) is 13.0 Å². The average Bonchev–Trinajstić information content (AvgIpc) is 3.07. The van der Waals surface area contributed by atoms with Crippen molar-refractivity contribution < 1.29 is 4.39 Å². The van der Waals surface area contributed by atoms with Gasteiger partial charge in [0, 0.05) is 28.5 Å². The first-order valence-corrected chi connectivity index (χ1v) is 7.88. The van der Waals surface area contributed by atoms with Crippen LogP contribution >= 0.6 is 11.3 Å². The summed E-state index contributed by atoms with van der Waals surface area (Å²) >= 11 is 1.82. The predicted molar refractivity (Wildman–Crippen MR) is 82.9 cm³/mol. The second-order valence-electron chi connectivity index (χ2n) is 5.13. The van der Waals surface area contributed by atoms with E-state index in [0.29, 0.717) is 6.54 Å². The van der Waals surface area contributed by atoms with Gasteiger partial charge in [-0.3, -0.25) is 0 Å². The maximum Gasteiger partial charge on any atom is 0.125 e. The van der Waals surface area contributed by atoms with Crippen LogP contribution < -0.4 is 10.6 Å². The van der Waals surface area contributed by atoms with E-state index in [-0.39, 0.29) is 11.9 Å². The molecule has 2 heterocycles. The summed E-state index contributed by atoms with van der Waals surface area (Å²) in [5, 5.41) is 0. The van der Waals surface area contributed by atoms with Crippen molar-refractivity contribution in [3.8, 4) is 0 Å². The fraction of sp³-hybridized carbons (Fsp3) is 0.375. The summed E-state index contributed by atoms with van der Waals surface area (Å²) in [7, 11) is 0. The number of hydrogen-bond donors (Lipinski definition) is 1. The van der Waals surface area contributed by atoms with Gasteiger partial charge in [-0.25, -0.2) is 4.39 Å². The number of aryl methyl sites for hydroxylation is 1. The quantitative estimate of drug-likeness (QED) is 0.933. The van der Waals surface area contributed by atoms with Crippen LogP contribution in [-0.2, 0) is 12.8 Å². The van der Waals surface area contributed by atoms with Gasteiger partial charge in [0.25, 0.3) is 0 Å². The Hall–Kier alpha value is -1.39. The first-order chi connectivity index (χ1) is 9.72. The molecule has 2 aromatic rings. The highest BCUT2D eigenvalue weighted by atomic mass is 32.1. The van der Waals surface area contributed by atoms with Gasteiger partial charge in [0.2, 0.25) is 0 Å². The van der Waals surface area contributed by atoms with Crippen molar-refractivity contribution in [3.05, 3.63) is 51.5 Å². The van der Waals surface area contributed by atoms with E-state index in [1.165, 1.54) is 15.3 Å². The Kier molecular flexibility index (Phi) is 3.76. The minimum atomic E-state index is -0.174. The zero-order chi connectivity index (χ0) is 14.1. The Morgan fingerprint density at radius 3 is 2.90 bits per heavy atom. The van der Waals surface area contributed by atoms with E-state index in [1.54, 1.807) is 12.1 Å². The third kappa shape index (κ3) is 2.34. The summed E-state index contributed by atoms with van der Waals surface area (Å²) in [5.41, 5.74) is 8.23. The van der Waals surface area contributed by atoms with E-state index in [0.717, 1.165) is 25.1 Å². The molecule has 4 heteroatoms. The molecule has 20 heavy (non-hydrogen) atoms. The summed E-state index contributed by atoms with van der Waals surface area (Å²) in [6.45, 7) is 3.63. The van der Waals surface area contributed by atoms with Crippen LogP contribution in [0.15, 0.2) is 30.3 Å². The molecular formula is C16H19FN2S. The zero-order valence-electron chi connectivity index (χ0n) is 11.6. The number of fused-ring (bicyclic) bond motifs is 1. The van der Waals surface area contributed by atoms with Crippen LogP contribution in [0, 0.1) is 5.82 Å². The van der Waals surface area contributed by atoms with Gasteiger partial charge >= 0.3 is 0 Å². The van der Waals surface area contributed by atoms with Gasteiger partial charge in [-0.15, -0.1) is 11.3 Å². The third-order valence-corrected chi connectivity index (χ3v) is 5.27. The molecule has 0 spiro atoms. The molecule has 0 amide bonds. The molecule has 1 unspecified atom stereocenters. The van der Waals surface area contributed by atoms with E-state index >= 15 is 0 Å². The Bertz CT molecular complexity index is 608. The smallest absolute Gasteiger partial charge is 0.125 e. The van der Waals surface area contributed by atoms with Crippen molar-refractivity contribution in [3.63, 3.8) is 0 Å². The molecule has 0 radical (unpaired) electrons.